The first-order chi connectivity index (χ1) is 19.4. The highest BCUT2D eigenvalue weighted by molar-refractivity contribution is 5.88. The van der Waals surface area contributed by atoms with Crippen molar-refractivity contribution < 1.29 is 69.3 Å². The topological polar surface area (TPSA) is 249 Å². The van der Waals surface area contributed by atoms with Crippen molar-refractivity contribution in [3.63, 3.8) is 0 Å². The minimum atomic E-state index is -1.81. The van der Waals surface area contributed by atoms with Crippen molar-refractivity contribution in [3.05, 3.63) is 40.6 Å². The van der Waals surface area contributed by atoms with E-state index in [0.29, 0.717) is 0 Å². The van der Waals surface area contributed by atoms with E-state index in [-0.39, 0.29) is 29.3 Å². The molecule has 3 aromatic rings. The summed E-state index contributed by atoms with van der Waals surface area (Å²) in [5.74, 6) is -2.88. The molecule has 0 bridgehead atoms. The van der Waals surface area contributed by atoms with Gasteiger partial charge in [-0.05, 0) is 25.1 Å². The van der Waals surface area contributed by atoms with E-state index in [1.807, 2.05) is 0 Å². The molecular weight excluding hydrogens is 552 g/mol. The first-order valence-electron chi connectivity index (χ1n) is 12.4. The van der Waals surface area contributed by atoms with Gasteiger partial charge in [0.05, 0.1) is 12.7 Å². The van der Waals surface area contributed by atoms with Crippen LogP contribution in [0.1, 0.15) is 6.92 Å². The number of phenols is 3. The van der Waals surface area contributed by atoms with E-state index >= 15 is 0 Å². The van der Waals surface area contributed by atoms with Gasteiger partial charge in [0, 0.05) is 17.7 Å². The fourth-order valence-corrected chi connectivity index (χ4v) is 4.53. The molecule has 1 aromatic heterocycles. The molecule has 0 aliphatic carbocycles. The summed E-state index contributed by atoms with van der Waals surface area (Å²) in [6.07, 6.45) is -13.7. The average Bonchev–Trinajstić information content (AvgIpc) is 2.93. The van der Waals surface area contributed by atoms with Crippen molar-refractivity contribution in [2.75, 3.05) is 6.61 Å². The number of hydrogen-bond donors (Lipinski definition) is 9. The van der Waals surface area contributed by atoms with Gasteiger partial charge in [-0.25, -0.2) is 0 Å². The van der Waals surface area contributed by atoms with Gasteiger partial charge >= 0.3 is 0 Å². The molecule has 3 heterocycles. The van der Waals surface area contributed by atoms with Crippen LogP contribution in [0.3, 0.4) is 0 Å². The van der Waals surface area contributed by atoms with Crippen LogP contribution in [0.5, 0.6) is 28.7 Å². The number of aromatic hydroxyl groups is 3. The lowest BCUT2D eigenvalue weighted by molar-refractivity contribution is -0.268. The van der Waals surface area contributed by atoms with E-state index in [9.17, 15) is 50.8 Å². The molecule has 15 heteroatoms. The zero-order valence-electron chi connectivity index (χ0n) is 21.3. The fourth-order valence-electron chi connectivity index (χ4n) is 4.53. The molecule has 2 aliphatic rings. The van der Waals surface area contributed by atoms with Crippen LogP contribution in [-0.2, 0) is 9.47 Å². The van der Waals surface area contributed by atoms with Gasteiger partial charge in [-0.1, -0.05) is 0 Å². The Morgan fingerprint density at radius 1 is 0.780 bits per heavy atom. The van der Waals surface area contributed by atoms with Crippen LogP contribution in [0.2, 0.25) is 0 Å². The third-order valence-corrected chi connectivity index (χ3v) is 6.89. The van der Waals surface area contributed by atoms with Crippen LogP contribution < -0.4 is 14.9 Å². The predicted octanol–water partition coefficient (Wildman–Crippen LogP) is -1.40. The lowest BCUT2D eigenvalue weighted by atomic mass is 10.00. The van der Waals surface area contributed by atoms with Gasteiger partial charge in [-0.2, -0.15) is 0 Å². The molecule has 0 saturated carbocycles. The Kier molecular flexibility index (Phi) is 7.71. The van der Waals surface area contributed by atoms with E-state index in [0.717, 1.165) is 24.3 Å². The fraction of sp³-hybridized carbons (Fsp3) is 0.423. The Labute approximate surface area is 230 Å². The molecule has 222 valence electrons. The Morgan fingerprint density at radius 2 is 1.49 bits per heavy atom. The summed E-state index contributed by atoms with van der Waals surface area (Å²) < 4.78 is 27.7. The minimum Gasteiger partial charge on any atom is -0.507 e. The van der Waals surface area contributed by atoms with Crippen LogP contribution in [-0.4, -0.2) is 108 Å². The number of ether oxygens (including phenoxy) is 4. The van der Waals surface area contributed by atoms with Crippen LogP contribution >= 0.6 is 0 Å². The first-order valence-corrected chi connectivity index (χ1v) is 12.4. The van der Waals surface area contributed by atoms with Crippen LogP contribution in [0, 0.1) is 0 Å². The van der Waals surface area contributed by atoms with Crippen LogP contribution in [0.15, 0.2) is 39.5 Å². The Balaban J connectivity index is 1.61. The number of benzene rings is 2. The molecule has 41 heavy (non-hydrogen) atoms. The smallest absolute Gasteiger partial charge is 0.239 e. The SMILES string of the molecule is CC1OC(Oc2c(-c3ccc(O)c(O)c3)oc3cc(OC4OCC(O)C(O)C4O)cc(O)c3c2=O)C(O)C(O)C1O. The summed E-state index contributed by atoms with van der Waals surface area (Å²) in [4.78, 5) is 13.7. The Hall–Kier alpha value is -3.67. The van der Waals surface area contributed by atoms with E-state index < -0.39 is 89.1 Å². The number of hydrogen-bond acceptors (Lipinski definition) is 15. The molecule has 0 spiro atoms. The molecule has 2 aliphatic heterocycles. The number of rotatable bonds is 5. The van der Waals surface area contributed by atoms with Crippen molar-refractivity contribution in [1.29, 1.82) is 0 Å². The summed E-state index contributed by atoms with van der Waals surface area (Å²) >= 11 is 0. The minimum absolute atomic E-state index is 0.00203. The second kappa shape index (κ2) is 11.0. The zero-order valence-corrected chi connectivity index (χ0v) is 21.3. The van der Waals surface area contributed by atoms with E-state index in [1.54, 1.807) is 0 Å². The average molecular weight is 580 g/mol. The van der Waals surface area contributed by atoms with E-state index in [1.165, 1.54) is 13.0 Å². The van der Waals surface area contributed by atoms with Crippen molar-refractivity contribution in [3.8, 4) is 40.1 Å². The first kappa shape index (κ1) is 28.8. The summed E-state index contributed by atoms with van der Waals surface area (Å²) in [5, 5.41) is 90.5. The van der Waals surface area contributed by atoms with Gasteiger partial charge in [0.2, 0.25) is 23.8 Å². The summed E-state index contributed by atoms with van der Waals surface area (Å²) in [7, 11) is 0. The maximum atomic E-state index is 13.7. The van der Waals surface area contributed by atoms with Gasteiger partial charge in [0.15, 0.2) is 17.3 Å². The normalized spacial score (nSPS) is 32.1. The Bertz CT molecular complexity index is 1490. The van der Waals surface area contributed by atoms with Gasteiger partial charge < -0.3 is 69.3 Å². The molecule has 9 atom stereocenters. The maximum absolute atomic E-state index is 13.7. The van der Waals surface area contributed by atoms with Crippen molar-refractivity contribution in [2.45, 2.75) is 62.2 Å². The maximum Gasteiger partial charge on any atom is 0.239 e. The molecular formula is C26H28O15. The largest absolute Gasteiger partial charge is 0.507 e. The number of aliphatic hydroxyl groups is 6. The molecule has 5 rings (SSSR count). The molecule has 9 unspecified atom stereocenters. The summed E-state index contributed by atoms with van der Waals surface area (Å²) in [6, 6.07) is 5.57. The second-order valence-electron chi connectivity index (χ2n) is 9.78. The lowest BCUT2D eigenvalue weighted by Crippen LogP contribution is -2.58. The van der Waals surface area contributed by atoms with Crippen LogP contribution in [0.4, 0.5) is 0 Å². The molecule has 15 nitrogen and oxygen atoms in total. The van der Waals surface area contributed by atoms with Gasteiger partial charge in [-0.3, -0.25) is 4.79 Å². The second-order valence-corrected chi connectivity index (χ2v) is 9.78. The zero-order chi connectivity index (χ0) is 29.7. The van der Waals surface area contributed by atoms with Gasteiger partial charge in [0.1, 0.15) is 59.1 Å². The molecule has 2 fully saturated rings. The Morgan fingerprint density at radius 3 is 2.20 bits per heavy atom. The van der Waals surface area contributed by atoms with Crippen LogP contribution in [0.25, 0.3) is 22.3 Å². The standard InChI is InChI=1S/C26H28O15/c1-8-17(31)20(34)22(36)26(38-8)41-24-19(33)16-13(29)5-10(39-25-21(35)18(32)14(30)7-37-25)6-15(16)40-23(24)9-2-3-11(27)12(28)4-9/h2-6,8,14,17-18,20-22,25-32,34-36H,7H2,1H3. The highest BCUT2D eigenvalue weighted by atomic mass is 16.7. The van der Waals surface area contributed by atoms with Gasteiger partial charge in [0.25, 0.3) is 0 Å². The molecule has 9 N–H and O–H groups in total. The van der Waals surface area contributed by atoms with Crippen molar-refractivity contribution in [1.82, 2.24) is 0 Å². The molecule has 0 amide bonds. The van der Waals surface area contributed by atoms with E-state index in [4.69, 9.17) is 23.4 Å². The monoisotopic (exact) mass is 580 g/mol. The number of phenolic OH excluding ortho intramolecular Hbond substituents is 3. The highest BCUT2D eigenvalue weighted by Gasteiger charge is 2.44. The predicted molar refractivity (Wildman–Crippen MR) is 134 cm³/mol. The van der Waals surface area contributed by atoms with Crippen molar-refractivity contribution in [2.24, 2.45) is 0 Å². The molecule has 2 aromatic carbocycles. The third-order valence-electron chi connectivity index (χ3n) is 6.89. The number of fused-ring (bicyclic) bond motifs is 1. The molecule has 2 saturated heterocycles. The quantitative estimate of drug-likeness (QED) is 0.157. The number of aliphatic hydroxyl groups excluding tert-OH is 6. The third kappa shape index (κ3) is 5.25. The molecule has 0 radical (unpaired) electrons. The van der Waals surface area contributed by atoms with E-state index in [2.05, 4.69) is 0 Å². The highest BCUT2D eigenvalue weighted by Crippen LogP contribution is 2.40. The summed E-state index contributed by atoms with van der Waals surface area (Å²) in [5.41, 5.74) is -1.25. The summed E-state index contributed by atoms with van der Waals surface area (Å²) in [6.45, 7) is 1.05. The van der Waals surface area contributed by atoms with Crippen molar-refractivity contribution >= 4 is 11.0 Å². The lowest BCUT2D eigenvalue weighted by Gasteiger charge is -2.38. The van der Waals surface area contributed by atoms with Gasteiger partial charge in [-0.15, -0.1) is 0 Å².